The number of hydroxylamine groups is 2. The maximum absolute atomic E-state index is 6.61. The molecule has 3 aliphatic rings. The lowest BCUT2D eigenvalue weighted by molar-refractivity contribution is -0.240. The number of benzene rings is 2. The van der Waals surface area contributed by atoms with Gasteiger partial charge in [-0.2, -0.15) is 5.06 Å². The zero-order chi connectivity index (χ0) is 23.9. The van der Waals surface area contributed by atoms with Gasteiger partial charge in [-0.05, 0) is 31.4 Å². The Morgan fingerprint density at radius 3 is 2.21 bits per heavy atom. The molecule has 3 heterocycles. The maximum Gasteiger partial charge on any atom is 0.190 e. The molecule has 2 aromatic carbocycles. The Morgan fingerprint density at radius 2 is 1.56 bits per heavy atom. The van der Waals surface area contributed by atoms with Crippen molar-refractivity contribution in [1.82, 2.24) is 5.06 Å². The fraction of sp³-hybridized carbons (Fsp3) is 0.556. The molecule has 3 saturated heterocycles. The number of rotatable bonds is 7. The summed E-state index contributed by atoms with van der Waals surface area (Å²) in [7, 11) is -1.54. The zero-order valence-electron chi connectivity index (χ0n) is 20.8. The van der Waals surface area contributed by atoms with Crippen LogP contribution in [0.1, 0.15) is 31.4 Å². The molecule has 0 amide bonds. The highest BCUT2D eigenvalue weighted by Crippen LogP contribution is 2.43. The van der Waals surface area contributed by atoms with E-state index in [1.54, 1.807) is 0 Å². The fourth-order valence-corrected chi connectivity index (χ4v) is 6.52. The molecule has 0 unspecified atom stereocenters. The molecule has 6 nitrogen and oxygen atoms in total. The highest BCUT2D eigenvalue weighted by atomic mass is 28.3. The summed E-state index contributed by atoms with van der Waals surface area (Å²) >= 11 is 0. The first-order valence-electron chi connectivity index (χ1n) is 12.3. The molecule has 0 saturated carbocycles. The lowest BCUT2D eigenvalue weighted by atomic mass is 10.0. The molecule has 0 bridgehead atoms. The fourth-order valence-electron chi connectivity index (χ4n) is 5.12. The Bertz CT molecular complexity index is 950. The van der Waals surface area contributed by atoms with E-state index in [1.165, 1.54) is 5.56 Å². The van der Waals surface area contributed by atoms with Gasteiger partial charge in [0.1, 0.15) is 18.3 Å². The molecule has 3 aliphatic heterocycles. The van der Waals surface area contributed by atoms with Crippen molar-refractivity contribution in [2.75, 3.05) is 0 Å². The largest absolute Gasteiger partial charge is 0.368 e. The molecule has 0 aromatic heterocycles. The minimum atomic E-state index is -1.54. The molecule has 0 N–H and O–H groups in total. The standard InChI is InChI=1S/C27H37NO5Si/c1-27(2)31-25-24(29-18-20-14-10-7-11-15-20)23(30-26(25)32-27)21-16-22(34(3,4)5)33-28(21)17-19-12-8-6-9-13-19/h6-15,21-26H,16-18H2,1-5H3/t21-,22-,23-,24+,25-,26-/m1/s1. The second kappa shape index (κ2) is 9.46. The van der Waals surface area contributed by atoms with Crippen molar-refractivity contribution in [2.24, 2.45) is 0 Å². The molecular weight excluding hydrogens is 446 g/mol. The normalized spacial score (nSPS) is 33.3. The third-order valence-electron chi connectivity index (χ3n) is 6.93. The molecule has 7 heteroatoms. The first kappa shape index (κ1) is 24.1. The van der Waals surface area contributed by atoms with E-state index in [-0.39, 0.29) is 30.1 Å². The van der Waals surface area contributed by atoms with Gasteiger partial charge in [-0.3, -0.25) is 4.84 Å². The number of nitrogens with zero attached hydrogens (tertiary/aromatic N) is 1. The van der Waals surface area contributed by atoms with Gasteiger partial charge >= 0.3 is 0 Å². The van der Waals surface area contributed by atoms with E-state index in [1.807, 2.05) is 38.1 Å². The second-order valence-electron chi connectivity index (χ2n) is 11.2. The van der Waals surface area contributed by atoms with Crippen LogP contribution in [0.5, 0.6) is 0 Å². The van der Waals surface area contributed by atoms with Crippen LogP contribution in [0.2, 0.25) is 19.6 Å². The summed E-state index contributed by atoms with van der Waals surface area (Å²) in [4.78, 5) is 6.61. The molecule has 0 aliphatic carbocycles. The van der Waals surface area contributed by atoms with Crippen LogP contribution in [-0.2, 0) is 36.9 Å². The summed E-state index contributed by atoms with van der Waals surface area (Å²) in [5.74, 6) is -0.689. The highest BCUT2D eigenvalue weighted by molar-refractivity contribution is 6.77. The molecule has 2 aromatic rings. The predicted octanol–water partition coefficient (Wildman–Crippen LogP) is 4.90. The van der Waals surface area contributed by atoms with Crippen LogP contribution in [-0.4, -0.2) is 55.3 Å². The summed E-state index contributed by atoms with van der Waals surface area (Å²) in [6.07, 6.45) is -0.251. The number of hydrogen-bond donors (Lipinski definition) is 0. The van der Waals surface area contributed by atoms with E-state index >= 15 is 0 Å². The Kier molecular flexibility index (Phi) is 6.72. The van der Waals surface area contributed by atoms with E-state index in [2.05, 4.69) is 61.1 Å². The van der Waals surface area contributed by atoms with Crippen LogP contribution in [0.3, 0.4) is 0 Å². The van der Waals surface area contributed by atoms with Crippen LogP contribution in [0.15, 0.2) is 60.7 Å². The van der Waals surface area contributed by atoms with Crippen LogP contribution in [0.25, 0.3) is 0 Å². The minimum absolute atomic E-state index is 0.0543. The van der Waals surface area contributed by atoms with Crippen molar-refractivity contribution >= 4 is 8.07 Å². The molecule has 6 atom stereocenters. The summed E-state index contributed by atoms with van der Waals surface area (Å²) in [6.45, 7) is 12.2. The molecule has 184 valence electrons. The molecule has 0 spiro atoms. The Hall–Kier alpha value is -1.58. The van der Waals surface area contributed by atoms with E-state index in [0.29, 0.717) is 13.2 Å². The van der Waals surface area contributed by atoms with Gasteiger partial charge in [0.25, 0.3) is 0 Å². The Morgan fingerprint density at radius 1 is 0.912 bits per heavy atom. The summed E-state index contributed by atoms with van der Waals surface area (Å²) in [5, 5.41) is 2.13. The number of ether oxygens (including phenoxy) is 4. The summed E-state index contributed by atoms with van der Waals surface area (Å²) in [6, 6.07) is 20.8. The topological polar surface area (TPSA) is 49.4 Å². The molecular formula is C27H37NO5Si. The third-order valence-corrected chi connectivity index (χ3v) is 9.20. The molecule has 3 fully saturated rings. The quantitative estimate of drug-likeness (QED) is 0.522. The van der Waals surface area contributed by atoms with Gasteiger partial charge in [-0.25, -0.2) is 0 Å². The van der Waals surface area contributed by atoms with Crippen LogP contribution >= 0.6 is 0 Å². The average Bonchev–Trinajstić information content (AvgIpc) is 3.43. The van der Waals surface area contributed by atoms with Crippen molar-refractivity contribution in [1.29, 1.82) is 0 Å². The maximum atomic E-state index is 6.61. The zero-order valence-corrected chi connectivity index (χ0v) is 21.8. The molecule has 0 radical (unpaired) electrons. The van der Waals surface area contributed by atoms with Crippen LogP contribution < -0.4 is 0 Å². The Labute approximate surface area is 204 Å². The van der Waals surface area contributed by atoms with Gasteiger partial charge in [0.2, 0.25) is 0 Å². The van der Waals surface area contributed by atoms with Crippen LogP contribution in [0.4, 0.5) is 0 Å². The first-order chi connectivity index (χ1) is 16.2. The summed E-state index contributed by atoms with van der Waals surface area (Å²) in [5.41, 5.74) is 2.57. The minimum Gasteiger partial charge on any atom is -0.368 e. The van der Waals surface area contributed by atoms with Gasteiger partial charge in [0.05, 0.1) is 26.4 Å². The van der Waals surface area contributed by atoms with Gasteiger partial charge < -0.3 is 18.9 Å². The highest BCUT2D eigenvalue weighted by Gasteiger charge is 2.59. The molecule has 5 rings (SSSR count). The van der Waals surface area contributed by atoms with Crippen molar-refractivity contribution in [3.63, 3.8) is 0 Å². The van der Waals surface area contributed by atoms with E-state index < -0.39 is 20.2 Å². The number of fused-ring (bicyclic) bond motifs is 1. The van der Waals surface area contributed by atoms with Crippen LogP contribution in [0, 0.1) is 0 Å². The van der Waals surface area contributed by atoms with Gasteiger partial charge in [0, 0.05) is 6.54 Å². The van der Waals surface area contributed by atoms with E-state index in [9.17, 15) is 0 Å². The van der Waals surface area contributed by atoms with Crippen molar-refractivity contribution in [2.45, 2.75) is 95.2 Å². The van der Waals surface area contributed by atoms with Crippen molar-refractivity contribution < 1.29 is 23.8 Å². The first-order valence-corrected chi connectivity index (χ1v) is 15.9. The average molecular weight is 484 g/mol. The summed E-state index contributed by atoms with van der Waals surface area (Å²) < 4.78 is 25.5. The predicted molar refractivity (Wildman–Crippen MR) is 132 cm³/mol. The lowest BCUT2D eigenvalue weighted by Gasteiger charge is -2.32. The SMILES string of the molecule is CC1(C)O[C@H]2O[C@H]([C@H]3C[C@@H]([Si](C)(C)C)ON3Cc3ccccc3)[C@H](OCc3ccccc3)[C@H]2O1. The van der Waals surface area contributed by atoms with Gasteiger partial charge in [0.15, 0.2) is 12.1 Å². The van der Waals surface area contributed by atoms with E-state index in [4.69, 9.17) is 23.8 Å². The lowest BCUT2D eigenvalue weighted by Crippen LogP contribution is -2.47. The monoisotopic (exact) mass is 483 g/mol. The second-order valence-corrected chi connectivity index (χ2v) is 16.5. The van der Waals surface area contributed by atoms with E-state index in [0.717, 1.165) is 12.0 Å². The molecule has 34 heavy (non-hydrogen) atoms. The van der Waals surface area contributed by atoms with Crippen molar-refractivity contribution in [3.05, 3.63) is 71.8 Å². The van der Waals surface area contributed by atoms with Gasteiger partial charge in [-0.15, -0.1) is 0 Å². The third kappa shape index (κ3) is 5.16. The van der Waals surface area contributed by atoms with Crippen molar-refractivity contribution in [3.8, 4) is 0 Å². The van der Waals surface area contributed by atoms with Gasteiger partial charge in [-0.1, -0.05) is 80.3 Å². The smallest absolute Gasteiger partial charge is 0.190 e. The number of hydrogen-bond acceptors (Lipinski definition) is 6. The Balaban J connectivity index is 1.40.